The number of halogens is 2. The van der Waals surface area contributed by atoms with Gasteiger partial charge in [-0.25, -0.2) is 13.6 Å². The number of hydrogen-bond donors (Lipinski definition) is 1. The number of hydrogen-bond acceptors (Lipinski definition) is 4. The summed E-state index contributed by atoms with van der Waals surface area (Å²) in [6, 6.07) is 9.82. The minimum Gasteiger partial charge on any atom is -0.488 e. The maximum atomic E-state index is 13.4. The number of esters is 1. The van der Waals surface area contributed by atoms with Crippen molar-refractivity contribution in [2.45, 2.75) is 0 Å². The van der Waals surface area contributed by atoms with E-state index in [4.69, 9.17) is 9.47 Å². The van der Waals surface area contributed by atoms with Crippen LogP contribution in [0.1, 0.15) is 5.56 Å². The Hall–Kier alpha value is -3.22. The molecule has 0 radical (unpaired) electrons. The van der Waals surface area contributed by atoms with Crippen LogP contribution >= 0.6 is 0 Å². The van der Waals surface area contributed by atoms with Crippen LogP contribution in [0.5, 0.6) is 5.75 Å². The maximum Gasteiger partial charge on any atom is 0.338 e. The summed E-state index contributed by atoms with van der Waals surface area (Å²) in [6.45, 7) is -0.607. The number of amides is 1. The molecule has 3 rings (SSSR count). The van der Waals surface area contributed by atoms with Gasteiger partial charge in [-0.1, -0.05) is 18.2 Å². The Morgan fingerprint density at radius 2 is 1.96 bits per heavy atom. The lowest BCUT2D eigenvalue weighted by molar-refractivity contribution is -0.143. The zero-order valence-electron chi connectivity index (χ0n) is 12.9. The third-order valence-corrected chi connectivity index (χ3v) is 3.43. The van der Waals surface area contributed by atoms with Crippen LogP contribution in [0.25, 0.3) is 6.08 Å². The van der Waals surface area contributed by atoms with Crippen LogP contribution in [-0.2, 0) is 14.3 Å². The van der Waals surface area contributed by atoms with Gasteiger partial charge in [0.1, 0.15) is 24.0 Å². The third-order valence-electron chi connectivity index (χ3n) is 3.43. The van der Waals surface area contributed by atoms with Crippen LogP contribution in [0.4, 0.5) is 14.5 Å². The lowest BCUT2D eigenvalue weighted by Gasteiger charge is -2.16. The van der Waals surface area contributed by atoms with Crippen molar-refractivity contribution >= 4 is 23.6 Å². The first-order chi connectivity index (χ1) is 12.0. The summed E-state index contributed by atoms with van der Waals surface area (Å²) >= 11 is 0. The van der Waals surface area contributed by atoms with Gasteiger partial charge in [0, 0.05) is 11.6 Å². The van der Waals surface area contributed by atoms with Crippen molar-refractivity contribution in [1.82, 2.24) is 0 Å². The van der Waals surface area contributed by atoms with Crippen molar-refractivity contribution in [1.29, 1.82) is 0 Å². The summed E-state index contributed by atoms with van der Waals surface area (Å²) in [6.07, 6.45) is 1.62. The molecule has 5 nitrogen and oxygen atoms in total. The molecule has 1 N–H and O–H groups in total. The first-order valence-electron chi connectivity index (χ1n) is 7.37. The van der Waals surface area contributed by atoms with Gasteiger partial charge in [-0.05, 0) is 24.3 Å². The fourth-order valence-electron chi connectivity index (χ4n) is 2.24. The second-order valence-electron chi connectivity index (χ2n) is 5.24. The van der Waals surface area contributed by atoms with Crippen LogP contribution in [0, 0.1) is 11.6 Å². The van der Waals surface area contributed by atoms with Crippen molar-refractivity contribution < 1.29 is 27.8 Å². The van der Waals surface area contributed by atoms with E-state index in [-0.39, 0.29) is 17.9 Å². The topological polar surface area (TPSA) is 64.6 Å². The van der Waals surface area contributed by atoms with Gasteiger partial charge in [-0.3, -0.25) is 4.79 Å². The highest BCUT2D eigenvalue weighted by molar-refractivity contribution is 5.98. The molecule has 0 atom stereocenters. The normalized spacial score (nSPS) is 12.5. The minimum atomic E-state index is -0.791. The molecule has 128 valence electrons. The van der Waals surface area contributed by atoms with E-state index in [2.05, 4.69) is 5.32 Å². The lowest BCUT2D eigenvalue weighted by Crippen LogP contribution is -2.24. The Morgan fingerprint density at radius 1 is 1.16 bits per heavy atom. The van der Waals surface area contributed by atoms with Crippen molar-refractivity contribution in [3.8, 4) is 5.75 Å². The summed E-state index contributed by atoms with van der Waals surface area (Å²) < 4.78 is 36.8. The number of ether oxygens (including phenoxy) is 2. The number of fused-ring (bicyclic) bond motifs is 1. The monoisotopic (exact) mass is 345 g/mol. The molecule has 2 aromatic carbocycles. The molecule has 0 aliphatic carbocycles. The standard InChI is InChI=1S/C18H13F2NO4/c19-13-5-6-14(20)15(8-13)21-17(22)10-25-18(23)12-7-11-3-1-2-4-16(11)24-9-12/h1-8H,9-10H2,(H,21,22). The summed E-state index contributed by atoms with van der Waals surface area (Å²) in [5.74, 6) is -2.34. The van der Waals surface area contributed by atoms with E-state index in [0.29, 0.717) is 5.75 Å². The summed E-state index contributed by atoms with van der Waals surface area (Å²) in [5, 5.41) is 2.14. The van der Waals surface area contributed by atoms with Crippen LogP contribution in [0.2, 0.25) is 0 Å². The molecule has 1 aliphatic rings. The van der Waals surface area contributed by atoms with Gasteiger partial charge in [-0.2, -0.15) is 0 Å². The predicted octanol–water partition coefficient (Wildman–Crippen LogP) is 2.92. The number of benzene rings is 2. The summed E-state index contributed by atoms with van der Waals surface area (Å²) in [4.78, 5) is 23.7. The molecule has 7 heteroatoms. The third kappa shape index (κ3) is 4.00. The maximum absolute atomic E-state index is 13.4. The molecule has 0 aromatic heterocycles. The molecule has 0 saturated heterocycles. The molecule has 0 bridgehead atoms. The SMILES string of the molecule is O=C(COC(=O)C1=Cc2ccccc2OC1)Nc1cc(F)ccc1F. The van der Waals surface area contributed by atoms with Gasteiger partial charge in [0.2, 0.25) is 0 Å². The van der Waals surface area contributed by atoms with E-state index >= 15 is 0 Å². The minimum absolute atomic E-state index is 0.0238. The Kier molecular flexibility index (Phi) is 4.74. The average molecular weight is 345 g/mol. The molecule has 1 heterocycles. The van der Waals surface area contributed by atoms with E-state index in [0.717, 1.165) is 23.8 Å². The van der Waals surface area contributed by atoms with Crippen LogP contribution in [0.3, 0.4) is 0 Å². The van der Waals surface area contributed by atoms with Crippen LogP contribution in [-0.4, -0.2) is 25.1 Å². The summed E-state index contributed by atoms with van der Waals surface area (Å²) in [7, 11) is 0. The fraction of sp³-hybridized carbons (Fsp3) is 0.111. The van der Waals surface area contributed by atoms with Gasteiger partial charge in [-0.15, -0.1) is 0 Å². The molecular formula is C18H13F2NO4. The molecule has 1 aliphatic heterocycles. The van der Waals surface area contributed by atoms with E-state index < -0.39 is 30.1 Å². The Bertz CT molecular complexity index is 864. The number of para-hydroxylation sites is 1. The second-order valence-corrected chi connectivity index (χ2v) is 5.24. The predicted molar refractivity (Wildman–Crippen MR) is 85.9 cm³/mol. The van der Waals surface area contributed by atoms with E-state index in [9.17, 15) is 18.4 Å². The van der Waals surface area contributed by atoms with Crippen molar-refractivity contribution in [2.75, 3.05) is 18.5 Å². The molecule has 0 spiro atoms. The van der Waals surface area contributed by atoms with E-state index in [1.165, 1.54) is 0 Å². The van der Waals surface area contributed by atoms with Gasteiger partial charge < -0.3 is 14.8 Å². The highest BCUT2D eigenvalue weighted by Crippen LogP contribution is 2.26. The number of carbonyl (C=O) groups is 2. The van der Waals surface area contributed by atoms with Gasteiger partial charge in [0.05, 0.1) is 11.3 Å². The van der Waals surface area contributed by atoms with Gasteiger partial charge in [0.25, 0.3) is 5.91 Å². The molecule has 0 fully saturated rings. The highest BCUT2D eigenvalue weighted by atomic mass is 19.1. The number of anilines is 1. The summed E-state index contributed by atoms with van der Waals surface area (Å²) in [5.41, 5.74) is 0.658. The lowest BCUT2D eigenvalue weighted by atomic mass is 10.1. The largest absolute Gasteiger partial charge is 0.488 e. The molecule has 2 aromatic rings. The van der Waals surface area contributed by atoms with Crippen molar-refractivity contribution in [2.24, 2.45) is 0 Å². The molecule has 25 heavy (non-hydrogen) atoms. The molecular weight excluding hydrogens is 332 g/mol. The second kappa shape index (κ2) is 7.12. The van der Waals surface area contributed by atoms with Gasteiger partial charge >= 0.3 is 5.97 Å². The molecule has 0 saturated carbocycles. The number of nitrogens with one attached hydrogen (secondary N) is 1. The first-order valence-corrected chi connectivity index (χ1v) is 7.37. The first kappa shape index (κ1) is 16.6. The smallest absolute Gasteiger partial charge is 0.338 e. The zero-order valence-corrected chi connectivity index (χ0v) is 12.9. The quantitative estimate of drug-likeness (QED) is 0.866. The van der Waals surface area contributed by atoms with Gasteiger partial charge in [0.15, 0.2) is 6.61 Å². The van der Waals surface area contributed by atoms with E-state index in [1.807, 2.05) is 6.07 Å². The number of carbonyl (C=O) groups excluding carboxylic acids is 2. The zero-order chi connectivity index (χ0) is 17.8. The van der Waals surface area contributed by atoms with Crippen molar-refractivity contribution in [3.05, 3.63) is 65.2 Å². The van der Waals surface area contributed by atoms with Crippen LogP contribution < -0.4 is 10.1 Å². The Morgan fingerprint density at radius 3 is 2.80 bits per heavy atom. The Balaban J connectivity index is 1.58. The molecule has 1 amide bonds. The molecule has 0 unspecified atom stereocenters. The van der Waals surface area contributed by atoms with E-state index in [1.54, 1.807) is 24.3 Å². The Labute approximate surface area is 141 Å². The van der Waals surface area contributed by atoms with Crippen LogP contribution in [0.15, 0.2) is 48.0 Å². The number of rotatable bonds is 4. The van der Waals surface area contributed by atoms with Crippen molar-refractivity contribution in [3.63, 3.8) is 0 Å². The average Bonchev–Trinajstić information content (AvgIpc) is 2.62. The highest BCUT2D eigenvalue weighted by Gasteiger charge is 2.19. The fourth-order valence-corrected chi connectivity index (χ4v) is 2.24.